The highest BCUT2D eigenvalue weighted by molar-refractivity contribution is 6.30. The van der Waals surface area contributed by atoms with Gasteiger partial charge in [0.05, 0.1) is 7.11 Å². The van der Waals surface area contributed by atoms with Crippen LogP contribution in [0.4, 0.5) is 0 Å². The molecule has 0 saturated heterocycles. The number of ketones is 1. The molecule has 0 saturated carbocycles. The van der Waals surface area contributed by atoms with Gasteiger partial charge in [-0.1, -0.05) is 11.6 Å². The predicted octanol–water partition coefficient (Wildman–Crippen LogP) is 3.95. The Labute approximate surface area is 122 Å². The molecule has 0 fully saturated rings. The molecule has 102 valence electrons. The molecule has 1 aromatic heterocycles. The monoisotopic (exact) mass is 287 g/mol. The highest BCUT2D eigenvalue weighted by atomic mass is 35.5. The third-order valence-corrected chi connectivity index (χ3v) is 3.08. The van der Waals surface area contributed by atoms with E-state index in [2.05, 4.69) is 4.98 Å². The van der Waals surface area contributed by atoms with Gasteiger partial charge in [0.2, 0.25) is 5.88 Å². The number of carbonyl (C=O) groups is 1. The third-order valence-electron chi connectivity index (χ3n) is 2.85. The van der Waals surface area contributed by atoms with Crippen molar-refractivity contribution >= 4 is 23.5 Å². The maximum Gasteiger partial charge on any atom is 0.212 e. The Kier molecular flexibility index (Phi) is 4.53. The van der Waals surface area contributed by atoms with E-state index in [1.165, 1.54) is 6.08 Å². The lowest BCUT2D eigenvalue weighted by Crippen LogP contribution is -1.97. The molecule has 0 aliphatic rings. The van der Waals surface area contributed by atoms with Crippen LogP contribution in [0, 0.1) is 6.92 Å². The number of pyridine rings is 1. The molecule has 0 atom stereocenters. The van der Waals surface area contributed by atoms with Crippen molar-refractivity contribution in [2.24, 2.45) is 0 Å². The molecular weight excluding hydrogens is 274 g/mol. The fraction of sp³-hybridized carbons (Fsp3) is 0.125. The fourth-order valence-electron chi connectivity index (χ4n) is 1.78. The SMILES string of the molecule is COc1ccc(C=CC(=O)c2ccc(Cl)cc2C)cn1. The number of hydrogen-bond donors (Lipinski definition) is 0. The zero-order chi connectivity index (χ0) is 14.5. The number of nitrogens with zero attached hydrogens (tertiary/aromatic N) is 1. The van der Waals surface area contributed by atoms with Crippen LogP contribution in [0.3, 0.4) is 0 Å². The van der Waals surface area contributed by atoms with Gasteiger partial charge in [-0.25, -0.2) is 4.98 Å². The molecule has 0 aliphatic heterocycles. The van der Waals surface area contributed by atoms with Crippen LogP contribution in [0.5, 0.6) is 5.88 Å². The van der Waals surface area contributed by atoms with Gasteiger partial charge >= 0.3 is 0 Å². The van der Waals surface area contributed by atoms with E-state index in [0.717, 1.165) is 11.1 Å². The summed E-state index contributed by atoms with van der Waals surface area (Å²) in [7, 11) is 1.56. The van der Waals surface area contributed by atoms with Crippen LogP contribution in [0.2, 0.25) is 5.02 Å². The highest BCUT2D eigenvalue weighted by Gasteiger charge is 2.05. The van der Waals surface area contributed by atoms with Crippen LogP contribution >= 0.6 is 11.6 Å². The summed E-state index contributed by atoms with van der Waals surface area (Å²) in [5.74, 6) is 0.483. The molecule has 2 aromatic rings. The van der Waals surface area contributed by atoms with Gasteiger partial charge in [0.1, 0.15) is 0 Å². The molecule has 20 heavy (non-hydrogen) atoms. The second kappa shape index (κ2) is 6.35. The van der Waals surface area contributed by atoms with Gasteiger partial charge in [-0.05, 0) is 54.5 Å². The quantitative estimate of drug-likeness (QED) is 0.631. The van der Waals surface area contributed by atoms with Crippen molar-refractivity contribution < 1.29 is 9.53 Å². The molecule has 0 bridgehead atoms. The molecule has 0 radical (unpaired) electrons. The molecule has 1 heterocycles. The first-order valence-electron chi connectivity index (χ1n) is 6.09. The molecule has 4 heteroatoms. The first-order chi connectivity index (χ1) is 9.60. The van der Waals surface area contributed by atoms with Gasteiger partial charge in [-0.15, -0.1) is 0 Å². The average Bonchev–Trinajstić information content (AvgIpc) is 2.45. The van der Waals surface area contributed by atoms with Gasteiger partial charge in [0.15, 0.2) is 5.78 Å². The van der Waals surface area contributed by atoms with E-state index in [1.54, 1.807) is 43.6 Å². The third kappa shape index (κ3) is 3.45. The Morgan fingerprint density at radius 1 is 1.30 bits per heavy atom. The molecule has 1 aromatic carbocycles. The van der Waals surface area contributed by atoms with E-state index in [9.17, 15) is 4.79 Å². The molecule has 0 amide bonds. The Balaban J connectivity index is 2.15. The number of hydrogen-bond acceptors (Lipinski definition) is 3. The first-order valence-corrected chi connectivity index (χ1v) is 6.46. The van der Waals surface area contributed by atoms with Gasteiger partial charge < -0.3 is 4.74 Å². The summed E-state index contributed by atoms with van der Waals surface area (Å²) in [5.41, 5.74) is 2.35. The summed E-state index contributed by atoms with van der Waals surface area (Å²) < 4.78 is 4.98. The summed E-state index contributed by atoms with van der Waals surface area (Å²) in [5, 5.41) is 0.627. The topological polar surface area (TPSA) is 39.2 Å². The summed E-state index contributed by atoms with van der Waals surface area (Å²) in [6.07, 6.45) is 4.90. The Bertz CT molecular complexity index is 648. The largest absolute Gasteiger partial charge is 0.481 e. The molecule has 2 rings (SSSR count). The maximum atomic E-state index is 12.1. The number of halogens is 1. The Hall–Kier alpha value is -2.13. The highest BCUT2D eigenvalue weighted by Crippen LogP contribution is 2.16. The molecular formula is C16H14ClNO2. The van der Waals surface area contributed by atoms with Crippen LogP contribution < -0.4 is 4.74 Å². The minimum absolute atomic E-state index is 0.0602. The number of ether oxygens (including phenoxy) is 1. The number of benzene rings is 1. The standard InChI is InChI=1S/C16H14ClNO2/c1-11-9-13(17)5-6-14(11)15(19)7-3-12-4-8-16(20-2)18-10-12/h3-10H,1-2H3. The van der Waals surface area contributed by atoms with Crippen LogP contribution in [0.1, 0.15) is 21.5 Å². The second-order valence-electron chi connectivity index (χ2n) is 4.29. The average molecular weight is 288 g/mol. The van der Waals surface area contributed by atoms with E-state index in [-0.39, 0.29) is 5.78 Å². The number of carbonyl (C=O) groups excluding carboxylic acids is 1. The van der Waals surface area contributed by atoms with Crippen molar-refractivity contribution in [3.63, 3.8) is 0 Å². The maximum absolute atomic E-state index is 12.1. The minimum Gasteiger partial charge on any atom is -0.481 e. The molecule has 3 nitrogen and oxygen atoms in total. The summed E-state index contributed by atoms with van der Waals surface area (Å²) in [6.45, 7) is 1.86. The lowest BCUT2D eigenvalue weighted by Gasteiger charge is -2.02. The van der Waals surface area contributed by atoms with E-state index in [4.69, 9.17) is 16.3 Å². The van der Waals surface area contributed by atoms with E-state index in [1.807, 2.05) is 13.0 Å². The van der Waals surface area contributed by atoms with Crippen molar-refractivity contribution in [3.05, 3.63) is 64.3 Å². The van der Waals surface area contributed by atoms with Gasteiger partial charge in [0, 0.05) is 22.8 Å². The number of aryl methyl sites for hydroxylation is 1. The molecule has 0 spiro atoms. The van der Waals surface area contributed by atoms with Gasteiger partial charge in [-0.3, -0.25) is 4.79 Å². The summed E-state index contributed by atoms with van der Waals surface area (Å²) in [4.78, 5) is 16.2. The molecule has 0 aliphatic carbocycles. The Morgan fingerprint density at radius 3 is 2.70 bits per heavy atom. The van der Waals surface area contributed by atoms with E-state index in [0.29, 0.717) is 16.5 Å². The van der Waals surface area contributed by atoms with Crippen molar-refractivity contribution in [2.75, 3.05) is 7.11 Å². The van der Waals surface area contributed by atoms with Crippen LogP contribution in [-0.4, -0.2) is 17.9 Å². The van der Waals surface area contributed by atoms with Crippen LogP contribution in [0.15, 0.2) is 42.6 Å². The van der Waals surface area contributed by atoms with E-state index < -0.39 is 0 Å². The first kappa shape index (κ1) is 14.3. The van der Waals surface area contributed by atoms with Gasteiger partial charge in [-0.2, -0.15) is 0 Å². The van der Waals surface area contributed by atoms with Crippen molar-refractivity contribution in [2.45, 2.75) is 6.92 Å². The Morgan fingerprint density at radius 2 is 2.10 bits per heavy atom. The summed E-state index contributed by atoms with van der Waals surface area (Å²) in [6, 6.07) is 8.81. The van der Waals surface area contributed by atoms with Crippen molar-refractivity contribution in [1.29, 1.82) is 0 Å². The van der Waals surface area contributed by atoms with Crippen LogP contribution in [-0.2, 0) is 0 Å². The van der Waals surface area contributed by atoms with Crippen molar-refractivity contribution in [1.82, 2.24) is 4.98 Å². The number of aromatic nitrogens is 1. The number of allylic oxidation sites excluding steroid dienone is 1. The number of rotatable bonds is 4. The van der Waals surface area contributed by atoms with Gasteiger partial charge in [0.25, 0.3) is 0 Å². The zero-order valence-electron chi connectivity index (χ0n) is 11.3. The molecule has 0 unspecified atom stereocenters. The minimum atomic E-state index is -0.0602. The smallest absolute Gasteiger partial charge is 0.212 e. The fourth-order valence-corrected chi connectivity index (χ4v) is 2.00. The summed E-state index contributed by atoms with van der Waals surface area (Å²) >= 11 is 5.87. The van der Waals surface area contributed by atoms with Crippen LogP contribution in [0.25, 0.3) is 6.08 Å². The van der Waals surface area contributed by atoms with E-state index >= 15 is 0 Å². The van der Waals surface area contributed by atoms with Crippen molar-refractivity contribution in [3.8, 4) is 5.88 Å². The second-order valence-corrected chi connectivity index (χ2v) is 4.73. The lowest BCUT2D eigenvalue weighted by molar-refractivity contribution is 0.104. The zero-order valence-corrected chi connectivity index (χ0v) is 12.0. The normalized spacial score (nSPS) is 10.8. The number of methoxy groups -OCH3 is 1. The predicted molar refractivity (Wildman–Crippen MR) is 80.3 cm³/mol. The lowest BCUT2D eigenvalue weighted by atomic mass is 10.0. The molecule has 0 N–H and O–H groups in total.